The Kier molecular flexibility index (Phi) is 9.11. The van der Waals surface area contributed by atoms with Crippen LogP contribution in [0.5, 0.6) is 0 Å². The predicted molar refractivity (Wildman–Crippen MR) is 118 cm³/mol. The number of amides is 2. The summed E-state index contributed by atoms with van der Waals surface area (Å²) in [6.07, 6.45) is 2.38. The number of unbranched alkanes of at least 4 members (excludes halogenated alkanes) is 1. The molecule has 1 aliphatic rings. The molecule has 30 heavy (non-hydrogen) atoms. The molecule has 1 aliphatic heterocycles. The average molecular weight is 419 g/mol. The van der Waals surface area contributed by atoms with Gasteiger partial charge in [-0.1, -0.05) is 27.2 Å². The Morgan fingerprint density at radius 2 is 1.80 bits per heavy atom. The van der Waals surface area contributed by atoms with E-state index in [4.69, 9.17) is 0 Å². The van der Waals surface area contributed by atoms with Crippen LogP contribution in [0.1, 0.15) is 50.4 Å². The van der Waals surface area contributed by atoms with Crippen LogP contribution in [0.2, 0.25) is 0 Å². The van der Waals surface area contributed by atoms with Crippen molar-refractivity contribution >= 4 is 29.2 Å². The Labute approximate surface area is 178 Å². The van der Waals surface area contributed by atoms with Gasteiger partial charge in [0.2, 0.25) is 11.8 Å². The number of carbonyl (C=O) groups is 3. The number of carbonyl (C=O) groups excluding carboxylic acids is 2. The van der Waals surface area contributed by atoms with Gasteiger partial charge >= 0.3 is 5.97 Å². The number of benzene rings is 1. The van der Waals surface area contributed by atoms with Gasteiger partial charge in [0.05, 0.1) is 17.8 Å². The maximum atomic E-state index is 12.0. The van der Waals surface area contributed by atoms with Crippen molar-refractivity contribution in [3.8, 4) is 0 Å². The molecule has 8 heteroatoms. The van der Waals surface area contributed by atoms with Gasteiger partial charge in [-0.15, -0.1) is 0 Å². The largest absolute Gasteiger partial charge is 0.478 e. The van der Waals surface area contributed by atoms with E-state index in [-0.39, 0.29) is 23.3 Å². The second kappa shape index (κ2) is 11.5. The first-order chi connectivity index (χ1) is 14.3. The standard InChI is InChI=1S/C22H34N4O4/c1-4-5-8-23-21(28)15-25-9-11-26(12-10-25)17-6-7-19(18(14-17)22(29)30)24-20(27)13-16(2)3/h6-7,14,16H,4-5,8-13,15H2,1-3H3,(H,23,28)(H,24,27)(H,29,30). The summed E-state index contributed by atoms with van der Waals surface area (Å²) in [5, 5.41) is 15.2. The van der Waals surface area contributed by atoms with E-state index >= 15 is 0 Å². The van der Waals surface area contributed by atoms with Gasteiger partial charge in [0.1, 0.15) is 0 Å². The average Bonchev–Trinajstić information content (AvgIpc) is 2.68. The number of carboxylic acid groups (broad SMARTS) is 1. The van der Waals surface area contributed by atoms with Crippen LogP contribution < -0.4 is 15.5 Å². The molecular weight excluding hydrogens is 384 g/mol. The maximum Gasteiger partial charge on any atom is 0.337 e. The van der Waals surface area contributed by atoms with Gasteiger partial charge in [-0.05, 0) is 30.5 Å². The molecular formula is C22H34N4O4. The van der Waals surface area contributed by atoms with Crippen molar-refractivity contribution in [3.05, 3.63) is 23.8 Å². The normalized spacial score (nSPS) is 14.6. The van der Waals surface area contributed by atoms with E-state index in [1.807, 2.05) is 19.9 Å². The van der Waals surface area contributed by atoms with Gasteiger partial charge in [0.25, 0.3) is 0 Å². The summed E-state index contributed by atoms with van der Waals surface area (Å²) < 4.78 is 0. The lowest BCUT2D eigenvalue weighted by atomic mass is 10.1. The highest BCUT2D eigenvalue weighted by molar-refractivity contribution is 6.01. The molecule has 1 fully saturated rings. The number of carboxylic acids is 1. The molecule has 2 rings (SSSR count). The zero-order valence-corrected chi connectivity index (χ0v) is 18.2. The van der Waals surface area contributed by atoms with Crippen LogP contribution in [0, 0.1) is 5.92 Å². The van der Waals surface area contributed by atoms with Gasteiger partial charge in [0, 0.05) is 44.8 Å². The first-order valence-corrected chi connectivity index (χ1v) is 10.7. The van der Waals surface area contributed by atoms with Crippen LogP contribution in [0.15, 0.2) is 18.2 Å². The molecule has 1 aromatic rings. The lowest BCUT2D eigenvalue weighted by Crippen LogP contribution is -2.49. The quantitative estimate of drug-likeness (QED) is 0.505. The van der Waals surface area contributed by atoms with E-state index in [1.165, 1.54) is 0 Å². The van der Waals surface area contributed by atoms with Crippen molar-refractivity contribution in [2.24, 2.45) is 5.92 Å². The number of aromatic carboxylic acids is 1. The molecule has 0 aliphatic carbocycles. The van der Waals surface area contributed by atoms with Crippen LogP contribution >= 0.6 is 0 Å². The van der Waals surface area contributed by atoms with E-state index < -0.39 is 5.97 Å². The van der Waals surface area contributed by atoms with Gasteiger partial charge in [0.15, 0.2) is 0 Å². The van der Waals surface area contributed by atoms with E-state index in [2.05, 4.69) is 27.4 Å². The summed E-state index contributed by atoms with van der Waals surface area (Å²) in [4.78, 5) is 40.0. The van der Waals surface area contributed by atoms with Crippen molar-refractivity contribution in [2.75, 3.05) is 49.5 Å². The zero-order valence-electron chi connectivity index (χ0n) is 18.2. The molecule has 1 heterocycles. The van der Waals surface area contributed by atoms with E-state index in [9.17, 15) is 19.5 Å². The van der Waals surface area contributed by atoms with E-state index in [1.54, 1.807) is 12.1 Å². The van der Waals surface area contributed by atoms with Gasteiger partial charge < -0.3 is 20.6 Å². The third-order valence-electron chi connectivity index (χ3n) is 5.06. The van der Waals surface area contributed by atoms with Crippen molar-refractivity contribution in [2.45, 2.75) is 40.0 Å². The fourth-order valence-electron chi connectivity index (χ4n) is 3.41. The number of hydrogen-bond donors (Lipinski definition) is 3. The second-order valence-corrected chi connectivity index (χ2v) is 8.15. The first-order valence-electron chi connectivity index (χ1n) is 10.7. The highest BCUT2D eigenvalue weighted by Crippen LogP contribution is 2.25. The molecule has 8 nitrogen and oxygen atoms in total. The number of anilines is 2. The lowest BCUT2D eigenvalue weighted by Gasteiger charge is -2.36. The summed E-state index contributed by atoms with van der Waals surface area (Å²) in [7, 11) is 0. The number of nitrogens with one attached hydrogen (secondary N) is 2. The summed E-state index contributed by atoms with van der Waals surface area (Å²) in [6.45, 7) is 9.96. The van der Waals surface area contributed by atoms with E-state index in [0.717, 1.165) is 31.6 Å². The smallest absolute Gasteiger partial charge is 0.337 e. The lowest BCUT2D eigenvalue weighted by molar-refractivity contribution is -0.122. The van der Waals surface area contributed by atoms with Gasteiger partial charge in [-0.3, -0.25) is 14.5 Å². The summed E-state index contributed by atoms with van der Waals surface area (Å²) >= 11 is 0. The molecule has 0 saturated carbocycles. The second-order valence-electron chi connectivity index (χ2n) is 8.15. The fraction of sp³-hybridized carbons (Fsp3) is 0.591. The summed E-state index contributed by atoms with van der Waals surface area (Å²) in [5.41, 5.74) is 1.21. The third kappa shape index (κ3) is 7.33. The zero-order chi connectivity index (χ0) is 22.1. The molecule has 0 bridgehead atoms. The van der Waals surface area contributed by atoms with Crippen LogP contribution in [0.4, 0.5) is 11.4 Å². The molecule has 0 radical (unpaired) electrons. The number of piperazine rings is 1. The molecule has 0 atom stereocenters. The minimum Gasteiger partial charge on any atom is -0.478 e. The van der Waals surface area contributed by atoms with E-state index in [0.29, 0.717) is 38.3 Å². The molecule has 0 spiro atoms. The van der Waals surface area contributed by atoms with Crippen LogP contribution in [-0.2, 0) is 9.59 Å². The summed E-state index contributed by atoms with van der Waals surface area (Å²) in [6, 6.07) is 5.11. The molecule has 0 unspecified atom stereocenters. The Morgan fingerprint density at radius 1 is 1.10 bits per heavy atom. The predicted octanol–water partition coefficient (Wildman–Crippen LogP) is 2.41. The summed E-state index contributed by atoms with van der Waals surface area (Å²) in [5.74, 6) is -1.01. The van der Waals surface area contributed by atoms with Crippen LogP contribution in [0.3, 0.4) is 0 Å². The molecule has 1 aromatic carbocycles. The number of rotatable bonds is 10. The monoisotopic (exact) mass is 418 g/mol. The minimum atomic E-state index is -1.07. The number of hydrogen-bond acceptors (Lipinski definition) is 5. The Balaban J connectivity index is 1.95. The molecule has 2 amide bonds. The Bertz CT molecular complexity index is 743. The third-order valence-corrected chi connectivity index (χ3v) is 5.06. The van der Waals surface area contributed by atoms with Crippen molar-refractivity contribution in [1.82, 2.24) is 10.2 Å². The number of nitrogens with zero attached hydrogens (tertiary/aromatic N) is 2. The highest BCUT2D eigenvalue weighted by atomic mass is 16.4. The Morgan fingerprint density at radius 3 is 2.40 bits per heavy atom. The fourth-order valence-corrected chi connectivity index (χ4v) is 3.41. The van der Waals surface area contributed by atoms with Crippen LogP contribution in [-0.4, -0.2) is 67.1 Å². The molecule has 166 valence electrons. The topological polar surface area (TPSA) is 102 Å². The molecule has 0 aromatic heterocycles. The Hall–Kier alpha value is -2.61. The molecule has 1 saturated heterocycles. The molecule has 3 N–H and O–H groups in total. The van der Waals surface area contributed by atoms with Gasteiger partial charge in [-0.25, -0.2) is 4.79 Å². The minimum absolute atomic E-state index is 0.0477. The van der Waals surface area contributed by atoms with Crippen molar-refractivity contribution in [1.29, 1.82) is 0 Å². The van der Waals surface area contributed by atoms with Crippen molar-refractivity contribution in [3.63, 3.8) is 0 Å². The van der Waals surface area contributed by atoms with Gasteiger partial charge in [-0.2, -0.15) is 0 Å². The van der Waals surface area contributed by atoms with Crippen molar-refractivity contribution < 1.29 is 19.5 Å². The highest BCUT2D eigenvalue weighted by Gasteiger charge is 2.21. The first kappa shape index (κ1) is 23.7. The SMILES string of the molecule is CCCCNC(=O)CN1CCN(c2ccc(NC(=O)CC(C)C)c(C(=O)O)c2)CC1. The maximum absolute atomic E-state index is 12.0. The van der Waals surface area contributed by atoms with Crippen LogP contribution in [0.25, 0.3) is 0 Å².